The minimum Gasteiger partial charge on any atom is -0.438 e. The zero-order valence-electron chi connectivity index (χ0n) is 19.1. The van der Waals surface area contributed by atoms with Gasteiger partial charge in [-0.05, 0) is 36.6 Å². The van der Waals surface area contributed by atoms with Crippen LogP contribution in [0.2, 0.25) is 0 Å². The van der Waals surface area contributed by atoms with Crippen LogP contribution in [0.1, 0.15) is 50.0 Å². The summed E-state index contributed by atoms with van der Waals surface area (Å²) in [5, 5.41) is 5.76. The van der Waals surface area contributed by atoms with Gasteiger partial charge in [-0.2, -0.15) is 0 Å². The number of hydrogen-bond acceptors (Lipinski definition) is 4. The average molecular weight is 438 g/mol. The lowest BCUT2D eigenvalue weighted by atomic mass is 10.00. The third-order valence-electron chi connectivity index (χ3n) is 5.38. The molecule has 1 heterocycles. The third kappa shape index (κ3) is 5.46. The van der Waals surface area contributed by atoms with E-state index in [2.05, 4.69) is 10.6 Å². The zero-order valence-corrected chi connectivity index (χ0v) is 19.1. The van der Waals surface area contributed by atoms with Gasteiger partial charge in [0.25, 0.3) is 0 Å². The average Bonchev–Trinajstić information content (AvgIpc) is 3.09. The van der Waals surface area contributed by atoms with E-state index in [4.69, 9.17) is 4.74 Å². The Morgan fingerprint density at radius 1 is 1.12 bits per heavy atom. The molecule has 0 bridgehead atoms. The van der Waals surface area contributed by atoms with E-state index < -0.39 is 18.2 Å². The van der Waals surface area contributed by atoms with Gasteiger partial charge in [0.2, 0.25) is 11.8 Å². The Balaban J connectivity index is 1.90. The molecule has 2 aromatic carbocycles. The molecule has 0 aliphatic carbocycles. The highest BCUT2D eigenvalue weighted by Crippen LogP contribution is 2.35. The van der Waals surface area contributed by atoms with Crippen LogP contribution in [0.25, 0.3) is 0 Å². The fraction of sp³-hybridized carbons (Fsp3) is 0.400. The van der Waals surface area contributed by atoms with E-state index in [-0.39, 0.29) is 24.3 Å². The molecule has 32 heavy (non-hydrogen) atoms. The van der Waals surface area contributed by atoms with Crippen LogP contribution in [-0.4, -0.2) is 35.4 Å². The molecule has 1 fully saturated rings. The fourth-order valence-corrected chi connectivity index (χ4v) is 3.53. The summed E-state index contributed by atoms with van der Waals surface area (Å²) in [6.07, 6.45) is -0.531. The number of rotatable bonds is 8. The standard InChI is InChI=1S/C25H31N3O4/c1-5-13-26-24(30)21-22(19-7-6-8-20(14-19)27-23(29)16(2)3)32-25(31)28(21)15-18-11-9-17(4)10-12-18/h6-12,14,16,21-22H,5,13,15H2,1-4H3,(H,26,30)(H,27,29). The van der Waals surface area contributed by atoms with E-state index >= 15 is 0 Å². The van der Waals surface area contributed by atoms with Crippen LogP contribution < -0.4 is 10.6 Å². The molecule has 2 atom stereocenters. The number of cyclic esters (lactones) is 1. The minimum atomic E-state index is -0.814. The molecule has 2 aromatic rings. The number of amides is 3. The van der Waals surface area contributed by atoms with E-state index in [0.29, 0.717) is 17.8 Å². The van der Waals surface area contributed by atoms with Crippen LogP contribution >= 0.6 is 0 Å². The van der Waals surface area contributed by atoms with Gasteiger partial charge < -0.3 is 15.4 Å². The van der Waals surface area contributed by atoms with Crippen LogP contribution in [-0.2, 0) is 20.9 Å². The van der Waals surface area contributed by atoms with E-state index in [1.54, 1.807) is 24.3 Å². The molecule has 1 aliphatic rings. The quantitative estimate of drug-likeness (QED) is 0.649. The van der Waals surface area contributed by atoms with Crippen LogP contribution in [0.4, 0.5) is 10.5 Å². The molecule has 2 unspecified atom stereocenters. The molecule has 0 aromatic heterocycles. The number of nitrogens with zero attached hydrogens (tertiary/aromatic N) is 1. The molecule has 2 N–H and O–H groups in total. The molecule has 0 saturated carbocycles. The van der Waals surface area contributed by atoms with E-state index in [1.807, 2.05) is 52.0 Å². The van der Waals surface area contributed by atoms with Crippen molar-refractivity contribution in [2.24, 2.45) is 5.92 Å². The first-order valence-electron chi connectivity index (χ1n) is 11.0. The molecule has 1 aliphatic heterocycles. The maximum atomic E-state index is 13.1. The van der Waals surface area contributed by atoms with Crippen molar-refractivity contribution in [1.82, 2.24) is 10.2 Å². The van der Waals surface area contributed by atoms with Gasteiger partial charge in [0.15, 0.2) is 12.1 Å². The molecule has 3 rings (SSSR count). The first-order chi connectivity index (χ1) is 15.3. The van der Waals surface area contributed by atoms with Crippen molar-refractivity contribution in [3.63, 3.8) is 0 Å². The number of hydrogen-bond donors (Lipinski definition) is 2. The van der Waals surface area contributed by atoms with Crippen LogP contribution in [0.5, 0.6) is 0 Å². The van der Waals surface area contributed by atoms with Crippen molar-refractivity contribution >= 4 is 23.6 Å². The number of nitrogens with one attached hydrogen (secondary N) is 2. The highest BCUT2D eigenvalue weighted by Gasteiger charge is 2.46. The predicted molar refractivity (Wildman–Crippen MR) is 123 cm³/mol. The summed E-state index contributed by atoms with van der Waals surface area (Å²) in [7, 11) is 0. The Morgan fingerprint density at radius 3 is 2.50 bits per heavy atom. The van der Waals surface area contributed by atoms with Crippen molar-refractivity contribution < 1.29 is 19.1 Å². The van der Waals surface area contributed by atoms with Crippen molar-refractivity contribution in [3.05, 3.63) is 65.2 Å². The Kier molecular flexibility index (Phi) is 7.51. The van der Waals surface area contributed by atoms with Crippen LogP contribution in [0, 0.1) is 12.8 Å². The molecule has 7 heteroatoms. The second-order valence-corrected chi connectivity index (χ2v) is 8.42. The van der Waals surface area contributed by atoms with Gasteiger partial charge in [-0.3, -0.25) is 14.5 Å². The number of carbonyl (C=O) groups is 3. The van der Waals surface area contributed by atoms with Crippen molar-refractivity contribution in [2.45, 2.75) is 52.8 Å². The minimum absolute atomic E-state index is 0.108. The summed E-state index contributed by atoms with van der Waals surface area (Å²) in [5.41, 5.74) is 3.29. The molecule has 0 radical (unpaired) electrons. The lowest BCUT2D eigenvalue weighted by Gasteiger charge is -2.24. The SMILES string of the molecule is CCCNC(=O)C1C(c2cccc(NC(=O)C(C)C)c2)OC(=O)N1Cc1ccc(C)cc1. The lowest BCUT2D eigenvalue weighted by molar-refractivity contribution is -0.126. The monoisotopic (exact) mass is 437 g/mol. The Labute approximate surface area is 189 Å². The van der Waals surface area contributed by atoms with Crippen molar-refractivity contribution in [3.8, 4) is 0 Å². The number of anilines is 1. The highest BCUT2D eigenvalue weighted by atomic mass is 16.6. The molecular weight excluding hydrogens is 406 g/mol. The fourth-order valence-electron chi connectivity index (χ4n) is 3.53. The normalized spacial score (nSPS) is 17.9. The maximum absolute atomic E-state index is 13.1. The summed E-state index contributed by atoms with van der Waals surface area (Å²) < 4.78 is 5.69. The summed E-state index contributed by atoms with van der Waals surface area (Å²) in [4.78, 5) is 39.5. The highest BCUT2D eigenvalue weighted by molar-refractivity contribution is 5.92. The lowest BCUT2D eigenvalue weighted by Crippen LogP contribution is -2.46. The predicted octanol–water partition coefficient (Wildman–Crippen LogP) is 4.18. The summed E-state index contributed by atoms with van der Waals surface area (Å²) in [6, 6.07) is 14.1. The second kappa shape index (κ2) is 10.3. The maximum Gasteiger partial charge on any atom is 0.411 e. The number of aryl methyl sites for hydroxylation is 1. The molecular formula is C25H31N3O4. The molecule has 7 nitrogen and oxygen atoms in total. The zero-order chi connectivity index (χ0) is 23.3. The van der Waals surface area contributed by atoms with Gasteiger partial charge in [0.05, 0.1) is 6.54 Å². The Morgan fingerprint density at radius 2 is 1.84 bits per heavy atom. The number of benzene rings is 2. The van der Waals surface area contributed by atoms with E-state index in [0.717, 1.165) is 17.5 Å². The van der Waals surface area contributed by atoms with Crippen LogP contribution in [0.3, 0.4) is 0 Å². The third-order valence-corrected chi connectivity index (χ3v) is 5.38. The van der Waals surface area contributed by atoms with Gasteiger partial charge in [0, 0.05) is 18.2 Å². The van der Waals surface area contributed by atoms with Gasteiger partial charge in [0.1, 0.15) is 0 Å². The van der Waals surface area contributed by atoms with Gasteiger partial charge in [-0.15, -0.1) is 0 Å². The smallest absolute Gasteiger partial charge is 0.411 e. The second-order valence-electron chi connectivity index (χ2n) is 8.42. The number of ether oxygens (including phenoxy) is 1. The van der Waals surface area contributed by atoms with E-state index in [9.17, 15) is 14.4 Å². The van der Waals surface area contributed by atoms with Gasteiger partial charge >= 0.3 is 6.09 Å². The first-order valence-corrected chi connectivity index (χ1v) is 11.0. The topological polar surface area (TPSA) is 87.7 Å². The summed E-state index contributed by atoms with van der Waals surface area (Å²) >= 11 is 0. The molecule has 1 saturated heterocycles. The first kappa shape index (κ1) is 23.3. The van der Waals surface area contributed by atoms with E-state index in [1.165, 1.54) is 4.90 Å². The van der Waals surface area contributed by atoms with Gasteiger partial charge in [-0.1, -0.05) is 62.7 Å². The van der Waals surface area contributed by atoms with Crippen molar-refractivity contribution in [2.75, 3.05) is 11.9 Å². The van der Waals surface area contributed by atoms with Crippen LogP contribution in [0.15, 0.2) is 48.5 Å². The Hall–Kier alpha value is -3.35. The summed E-state index contributed by atoms with van der Waals surface area (Å²) in [5.74, 6) is -0.532. The number of carbonyl (C=O) groups excluding carboxylic acids is 3. The van der Waals surface area contributed by atoms with Crippen molar-refractivity contribution in [1.29, 1.82) is 0 Å². The summed E-state index contributed by atoms with van der Waals surface area (Å²) in [6.45, 7) is 8.38. The Bertz CT molecular complexity index is 971. The largest absolute Gasteiger partial charge is 0.438 e. The molecule has 3 amide bonds. The van der Waals surface area contributed by atoms with Gasteiger partial charge in [-0.25, -0.2) is 4.79 Å². The molecule has 170 valence electrons. The molecule has 0 spiro atoms.